The highest BCUT2D eigenvalue weighted by Crippen LogP contribution is 2.23. The van der Waals surface area contributed by atoms with Crippen LogP contribution in [0.25, 0.3) is 10.8 Å². The lowest BCUT2D eigenvalue weighted by Crippen LogP contribution is -2.28. The van der Waals surface area contributed by atoms with Crippen molar-refractivity contribution in [2.45, 2.75) is 6.92 Å². The van der Waals surface area contributed by atoms with Gasteiger partial charge in [0.2, 0.25) is 0 Å². The first-order valence-electron chi connectivity index (χ1n) is 5.92. The summed E-state index contributed by atoms with van der Waals surface area (Å²) in [5, 5.41) is 2.17. The van der Waals surface area contributed by atoms with Crippen molar-refractivity contribution < 1.29 is 14.4 Å². The van der Waals surface area contributed by atoms with Crippen LogP contribution in [0.2, 0.25) is 0 Å². The Bertz CT molecular complexity index is 586. The van der Waals surface area contributed by atoms with E-state index in [0.717, 1.165) is 15.2 Å². The van der Waals surface area contributed by atoms with E-state index in [1.165, 1.54) is 0 Å². The molecule has 0 spiro atoms. The van der Waals surface area contributed by atoms with Crippen LogP contribution >= 0.6 is 15.9 Å². The van der Waals surface area contributed by atoms with E-state index in [1.54, 1.807) is 6.92 Å². The molecular formula is C14H14BrNO3. The van der Waals surface area contributed by atoms with Crippen LogP contribution in [-0.4, -0.2) is 19.1 Å². The smallest absolute Gasteiger partial charge is 0.281 e. The first-order valence-corrected chi connectivity index (χ1v) is 6.71. The van der Waals surface area contributed by atoms with Gasteiger partial charge in [0.1, 0.15) is 5.75 Å². The minimum Gasteiger partial charge on any atom is -0.484 e. The van der Waals surface area contributed by atoms with Crippen molar-refractivity contribution >= 4 is 32.6 Å². The number of halogens is 1. The summed E-state index contributed by atoms with van der Waals surface area (Å²) in [4.78, 5) is 16.1. The van der Waals surface area contributed by atoms with E-state index in [0.29, 0.717) is 12.4 Å². The van der Waals surface area contributed by atoms with Crippen LogP contribution in [0.1, 0.15) is 6.92 Å². The summed E-state index contributed by atoms with van der Waals surface area (Å²) < 4.78 is 6.43. The van der Waals surface area contributed by atoms with Gasteiger partial charge in [0.15, 0.2) is 6.61 Å². The van der Waals surface area contributed by atoms with Gasteiger partial charge in [-0.25, -0.2) is 5.48 Å². The molecule has 0 bridgehead atoms. The van der Waals surface area contributed by atoms with Crippen molar-refractivity contribution in [3.63, 3.8) is 0 Å². The van der Waals surface area contributed by atoms with Gasteiger partial charge in [0, 0.05) is 4.47 Å². The lowest BCUT2D eigenvalue weighted by atomic mass is 10.1. The van der Waals surface area contributed by atoms with Crippen LogP contribution in [0.4, 0.5) is 0 Å². The number of nitrogens with one attached hydrogen (secondary N) is 1. The molecule has 2 aromatic rings. The van der Waals surface area contributed by atoms with Gasteiger partial charge in [-0.1, -0.05) is 28.1 Å². The molecule has 19 heavy (non-hydrogen) atoms. The van der Waals surface area contributed by atoms with Crippen molar-refractivity contribution in [3.8, 4) is 5.75 Å². The molecule has 100 valence electrons. The topological polar surface area (TPSA) is 47.6 Å². The first-order chi connectivity index (χ1) is 9.19. The summed E-state index contributed by atoms with van der Waals surface area (Å²) in [6.45, 7) is 2.15. The SMILES string of the molecule is CCONC(=O)COc1ccc2cc(Br)ccc2c1. The van der Waals surface area contributed by atoms with Crippen molar-refractivity contribution in [2.75, 3.05) is 13.2 Å². The third-order valence-corrected chi connectivity index (χ3v) is 2.97. The summed E-state index contributed by atoms with van der Waals surface area (Å²) >= 11 is 3.43. The molecule has 1 amide bonds. The maximum Gasteiger partial charge on any atom is 0.281 e. The number of carbonyl (C=O) groups excluding carboxylic acids is 1. The maximum absolute atomic E-state index is 11.3. The van der Waals surface area contributed by atoms with Gasteiger partial charge in [-0.2, -0.15) is 0 Å². The van der Waals surface area contributed by atoms with Crippen molar-refractivity contribution in [1.29, 1.82) is 0 Å². The number of benzene rings is 2. The molecule has 0 aromatic heterocycles. The highest BCUT2D eigenvalue weighted by Gasteiger charge is 2.03. The van der Waals surface area contributed by atoms with Crippen molar-refractivity contribution in [1.82, 2.24) is 5.48 Å². The molecule has 0 aliphatic carbocycles. The number of fused-ring (bicyclic) bond motifs is 1. The largest absolute Gasteiger partial charge is 0.484 e. The predicted molar refractivity (Wildman–Crippen MR) is 76.9 cm³/mol. The predicted octanol–water partition coefficient (Wildman–Crippen LogP) is 3.05. The Kier molecular flexibility index (Phi) is 4.76. The number of hydroxylamine groups is 1. The Morgan fingerprint density at radius 1 is 1.21 bits per heavy atom. The van der Waals surface area contributed by atoms with E-state index < -0.39 is 0 Å². The van der Waals surface area contributed by atoms with Crippen LogP contribution in [0, 0.1) is 0 Å². The summed E-state index contributed by atoms with van der Waals surface area (Å²) in [5.41, 5.74) is 2.28. The van der Waals surface area contributed by atoms with Gasteiger partial charge in [-0.3, -0.25) is 9.63 Å². The van der Waals surface area contributed by atoms with Gasteiger partial charge in [0.05, 0.1) is 6.61 Å². The molecule has 2 aromatic carbocycles. The molecule has 0 aliphatic rings. The molecule has 1 N–H and O–H groups in total. The van der Waals surface area contributed by atoms with Gasteiger partial charge in [0.25, 0.3) is 5.91 Å². The fourth-order valence-electron chi connectivity index (χ4n) is 1.62. The average Bonchev–Trinajstić information content (AvgIpc) is 2.42. The Morgan fingerprint density at radius 2 is 1.95 bits per heavy atom. The standard InChI is InChI=1S/C14H14BrNO3/c1-2-19-16-14(17)9-18-13-6-4-10-7-12(15)5-3-11(10)8-13/h3-8H,2,9H2,1H3,(H,16,17). The van der Waals surface area contributed by atoms with E-state index in [1.807, 2.05) is 36.4 Å². The molecule has 0 aliphatic heterocycles. The molecule has 0 heterocycles. The van der Waals surface area contributed by atoms with E-state index >= 15 is 0 Å². The highest BCUT2D eigenvalue weighted by molar-refractivity contribution is 9.10. The van der Waals surface area contributed by atoms with Gasteiger partial charge in [-0.15, -0.1) is 0 Å². The normalized spacial score (nSPS) is 10.4. The number of carbonyl (C=O) groups is 1. The number of ether oxygens (including phenoxy) is 1. The van der Waals surface area contributed by atoms with E-state index in [9.17, 15) is 4.79 Å². The van der Waals surface area contributed by atoms with Crippen LogP contribution in [0.15, 0.2) is 40.9 Å². The summed E-state index contributed by atoms with van der Waals surface area (Å²) in [6, 6.07) is 11.7. The Morgan fingerprint density at radius 3 is 2.74 bits per heavy atom. The van der Waals surface area contributed by atoms with Crippen LogP contribution in [-0.2, 0) is 9.63 Å². The molecule has 0 unspecified atom stereocenters. The molecule has 0 saturated heterocycles. The average molecular weight is 324 g/mol. The quantitative estimate of drug-likeness (QED) is 0.860. The van der Waals surface area contributed by atoms with Gasteiger partial charge >= 0.3 is 0 Å². The minimum atomic E-state index is -0.308. The van der Waals surface area contributed by atoms with E-state index in [4.69, 9.17) is 9.57 Å². The van der Waals surface area contributed by atoms with E-state index in [2.05, 4.69) is 21.4 Å². The van der Waals surface area contributed by atoms with Crippen molar-refractivity contribution in [2.24, 2.45) is 0 Å². The molecule has 0 atom stereocenters. The molecule has 0 radical (unpaired) electrons. The zero-order chi connectivity index (χ0) is 13.7. The maximum atomic E-state index is 11.3. The second-order valence-electron chi connectivity index (χ2n) is 3.90. The second-order valence-corrected chi connectivity index (χ2v) is 4.82. The van der Waals surface area contributed by atoms with Crippen LogP contribution in [0.5, 0.6) is 5.75 Å². The fourth-order valence-corrected chi connectivity index (χ4v) is 1.99. The van der Waals surface area contributed by atoms with Gasteiger partial charge in [-0.05, 0) is 42.0 Å². The number of hydrogen-bond acceptors (Lipinski definition) is 3. The van der Waals surface area contributed by atoms with Crippen LogP contribution in [0.3, 0.4) is 0 Å². The Labute approximate surface area is 119 Å². The zero-order valence-electron chi connectivity index (χ0n) is 10.5. The molecule has 4 nitrogen and oxygen atoms in total. The first kappa shape index (κ1) is 13.8. The molecule has 0 saturated carbocycles. The van der Waals surface area contributed by atoms with Gasteiger partial charge < -0.3 is 4.74 Å². The fraction of sp³-hybridized carbons (Fsp3) is 0.214. The summed E-state index contributed by atoms with van der Waals surface area (Å²) in [6.07, 6.45) is 0. The monoisotopic (exact) mass is 323 g/mol. The minimum absolute atomic E-state index is 0.0674. The Balaban J connectivity index is 2.01. The summed E-state index contributed by atoms with van der Waals surface area (Å²) in [5.74, 6) is 0.347. The molecular weight excluding hydrogens is 310 g/mol. The molecule has 5 heteroatoms. The zero-order valence-corrected chi connectivity index (χ0v) is 12.1. The van der Waals surface area contributed by atoms with E-state index in [-0.39, 0.29) is 12.5 Å². The lowest BCUT2D eigenvalue weighted by Gasteiger charge is -2.07. The highest BCUT2D eigenvalue weighted by atomic mass is 79.9. The summed E-state index contributed by atoms with van der Waals surface area (Å²) in [7, 11) is 0. The third kappa shape index (κ3) is 3.94. The Hall–Kier alpha value is -1.59. The third-order valence-electron chi connectivity index (χ3n) is 2.47. The number of amides is 1. The second kappa shape index (κ2) is 6.54. The number of hydrogen-bond donors (Lipinski definition) is 1. The lowest BCUT2D eigenvalue weighted by molar-refractivity contribution is -0.135. The van der Waals surface area contributed by atoms with Crippen LogP contribution < -0.4 is 10.2 Å². The number of rotatable bonds is 5. The van der Waals surface area contributed by atoms with Crippen molar-refractivity contribution in [3.05, 3.63) is 40.9 Å². The molecule has 0 fully saturated rings. The molecule has 2 rings (SSSR count).